The van der Waals surface area contributed by atoms with E-state index in [0.29, 0.717) is 0 Å². The van der Waals surface area contributed by atoms with Crippen molar-refractivity contribution in [1.29, 1.82) is 0 Å². The van der Waals surface area contributed by atoms with Crippen LogP contribution < -0.4 is 0 Å². The van der Waals surface area contributed by atoms with Gasteiger partial charge in [0.1, 0.15) is 0 Å². The molecule has 0 aromatic rings. The van der Waals surface area contributed by atoms with Crippen LogP contribution in [0.15, 0.2) is 12.3 Å². The molecule has 0 saturated carbocycles. The molecule has 0 aromatic heterocycles. The van der Waals surface area contributed by atoms with Gasteiger partial charge in [0, 0.05) is 0 Å². The molecule has 0 aliphatic carbocycles. The minimum atomic E-state index is -0.158. The van der Waals surface area contributed by atoms with Crippen molar-refractivity contribution >= 4 is 5.97 Å². The van der Waals surface area contributed by atoms with E-state index in [-0.39, 0.29) is 11.9 Å². The van der Waals surface area contributed by atoms with Gasteiger partial charge in [-0.15, -0.1) is 0 Å². The molecule has 0 radical (unpaired) electrons. The number of esters is 1. The fourth-order valence-electron chi connectivity index (χ4n) is 1.01. The molecule has 0 aliphatic rings. The fourth-order valence-corrected chi connectivity index (χ4v) is 1.01. The van der Waals surface area contributed by atoms with Crippen LogP contribution in [0.2, 0.25) is 0 Å². The second-order valence-corrected chi connectivity index (χ2v) is 3.81. The van der Waals surface area contributed by atoms with Crippen molar-refractivity contribution in [2.24, 2.45) is 5.92 Å². The number of hydrogen-bond acceptors (Lipinski definition) is 2. The van der Waals surface area contributed by atoms with Gasteiger partial charge in [0.25, 0.3) is 0 Å². The number of carbonyl (C=O) groups is 1. The Bertz CT molecular complexity index is 171. The summed E-state index contributed by atoms with van der Waals surface area (Å²) in [5.74, 6) is -0.199. The number of carbonyl (C=O) groups excluding carboxylic acids is 1. The molecule has 0 N–H and O–H groups in total. The molecular formula is C12H22O2. The Labute approximate surface area is 87.3 Å². The SMILES string of the molecule is CCCCCC/C=C/OC(=O)C(C)C. The molecule has 0 unspecified atom stereocenters. The van der Waals surface area contributed by atoms with Crippen LogP contribution in [0.5, 0.6) is 0 Å². The third kappa shape index (κ3) is 7.84. The quantitative estimate of drug-likeness (QED) is 0.354. The van der Waals surface area contributed by atoms with Gasteiger partial charge >= 0.3 is 5.97 Å². The van der Waals surface area contributed by atoms with Crippen molar-refractivity contribution < 1.29 is 9.53 Å². The van der Waals surface area contributed by atoms with Gasteiger partial charge < -0.3 is 4.74 Å². The Morgan fingerprint density at radius 1 is 1.29 bits per heavy atom. The number of allylic oxidation sites excluding steroid dienone is 1. The van der Waals surface area contributed by atoms with Crippen LogP contribution in [0.4, 0.5) is 0 Å². The molecule has 82 valence electrons. The van der Waals surface area contributed by atoms with E-state index in [4.69, 9.17) is 4.74 Å². The third-order valence-corrected chi connectivity index (χ3v) is 1.98. The third-order valence-electron chi connectivity index (χ3n) is 1.98. The zero-order valence-electron chi connectivity index (χ0n) is 9.58. The molecule has 0 spiro atoms. The number of unbranched alkanes of at least 4 members (excludes halogenated alkanes) is 4. The summed E-state index contributed by atoms with van der Waals surface area (Å²) in [7, 11) is 0. The Morgan fingerprint density at radius 2 is 2.00 bits per heavy atom. The van der Waals surface area contributed by atoms with E-state index in [2.05, 4.69) is 6.92 Å². The van der Waals surface area contributed by atoms with Crippen molar-refractivity contribution in [1.82, 2.24) is 0 Å². The van der Waals surface area contributed by atoms with Crippen molar-refractivity contribution in [2.75, 3.05) is 0 Å². The largest absolute Gasteiger partial charge is 0.435 e. The molecule has 0 aliphatic heterocycles. The van der Waals surface area contributed by atoms with Crippen LogP contribution in [-0.4, -0.2) is 5.97 Å². The average Bonchev–Trinajstić information content (AvgIpc) is 2.16. The summed E-state index contributed by atoms with van der Waals surface area (Å²) >= 11 is 0. The zero-order valence-corrected chi connectivity index (χ0v) is 9.58. The summed E-state index contributed by atoms with van der Waals surface area (Å²) < 4.78 is 4.89. The van der Waals surface area contributed by atoms with Crippen LogP contribution in [-0.2, 0) is 9.53 Å². The highest BCUT2D eigenvalue weighted by Gasteiger charge is 2.05. The molecule has 0 amide bonds. The molecular weight excluding hydrogens is 176 g/mol. The summed E-state index contributed by atoms with van der Waals surface area (Å²) in [6.45, 7) is 5.86. The van der Waals surface area contributed by atoms with Crippen LogP contribution in [0, 0.1) is 5.92 Å². The predicted molar refractivity (Wildman–Crippen MR) is 58.8 cm³/mol. The second kappa shape index (κ2) is 8.79. The monoisotopic (exact) mass is 198 g/mol. The van der Waals surface area contributed by atoms with Gasteiger partial charge in [0.15, 0.2) is 0 Å². The maximum atomic E-state index is 11.0. The van der Waals surface area contributed by atoms with E-state index in [1.807, 2.05) is 19.9 Å². The minimum Gasteiger partial charge on any atom is -0.435 e. The molecule has 0 heterocycles. The summed E-state index contributed by atoms with van der Waals surface area (Å²) in [6.07, 6.45) is 9.45. The Morgan fingerprint density at radius 3 is 2.57 bits per heavy atom. The molecule has 0 saturated heterocycles. The van der Waals surface area contributed by atoms with Gasteiger partial charge in [-0.05, 0) is 18.9 Å². The second-order valence-electron chi connectivity index (χ2n) is 3.81. The van der Waals surface area contributed by atoms with Gasteiger partial charge in [-0.25, -0.2) is 0 Å². The van der Waals surface area contributed by atoms with Crippen molar-refractivity contribution in [3.8, 4) is 0 Å². The topological polar surface area (TPSA) is 26.3 Å². The summed E-state index contributed by atoms with van der Waals surface area (Å²) in [5.41, 5.74) is 0. The fraction of sp³-hybridized carbons (Fsp3) is 0.750. The molecule has 0 rings (SSSR count). The maximum absolute atomic E-state index is 11.0. The van der Waals surface area contributed by atoms with E-state index in [9.17, 15) is 4.79 Å². The van der Waals surface area contributed by atoms with Crippen molar-refractivity contribution in [3.63, 3.8) is 0 Å². The normalized spacial score (nSPS) is 11.1. The Balaban J connectivity index is 3.32. The zero-order chi connectivity index (χ0) is 10.8. The van der Waals surface area contributed by atoms with E-state index in [1.165, 1.54) is 31.9 Å². The Kier molecular flexibility index (Phi) is 8.30. The lowest BCUT2D eigenvalue weighted by atomic mass is 10.1. The van der Waals surface area contributed by atoms with Crippen LogP contribution in [0.25, 0.3) is 0 Å². The molecule has 0 fully saturated rings. The average molecular weight is 198 g/mol. The van der Waals surface area contributed by atoms with E-state index >= 15 is 0 Å². The number of ether oxygens (including phenoxy) is 1. The maximum Gasteiger partial charge on any atom is 0.313 e. The van der Waals surface area contributed by atoms with Crippen LogP contribution in [0.1, 0.15) is 52.9 Å². The molecule has 0 aromatic carbocycles. The predicted octanol–water partition coefficient (Wildman–Crippen LogP) is 3.67. The van der Waals surface area contributed by atoms with Crippen molar-refractivity contribution in [2.45, 2.75) is 52.9 Å². The first-order chi connectivity index (χ1) is 6.68. The first kappa shape index (κ1) is 13.2. The summed E-state index contributed by atoms with van der Waals surface area (Å²) in [6, 6.07) is 0. The molecule has 14 heavy (non-hydrogen) atoms. The van der Waals surface area contributed by atoms with E-state index < -0.39 is 0 Å². The lowest BCUT2D eigenvalue weighted by molar-refractivity contribution is -0.141. The highest BCUT2D eigenvalue weighted by molar-refractivity contribution is 5.72. The molecule has 0 bridgehead atoms. The first-order valence-electron chi connectivity index (χ1n) is 5.54. The Hall–Kier alpha value is -0.790. The number of hydrogen-bond donors (Lipinski definition) is 0. The first-order valence-corrected chi connectivity index (χ1v) is 5.54. The van der Waals surface area contributed by atoms with Gasteiger partial charge in [-0.2, -0.15) is 0 Å². The van der Waals surface area contributed by atoms with Crippen LogP contribution in [0.3, 0.4) is 0 Å². The van der Waals surface area contributed by atoms with E-state index in [1.54, 1.807) is 0 Å². The van der Waals surface area contributed by atoms with E-state index in [0.717, 1.165) is 6.42 Å². The van der Waals surface area contributed by atoms with Gasteiger partial charge in [-0.3, -0.25) is 4.79 Å². The standard InChI is InChI=1S/C12H22O2/c1-4-5-6-7-8-9-10-14-12(13)11(2)3/h9-11H,4-8H2,1-3H3/b10-9+. The molecule has 2 heteroatoms. The van der Waals surface area contributed by atoms with Crippen LogP contribution >= 0.6 is 0 Å². The molecule has 2 nitrogen and oxygen atoms in total. The van der Waals surface area contributed by atoms with Gasteiger partial charge in [0.2, 0.25) is 0 Å². The van der Waals surface area contributed by atoms with Gasteiger partial charge in [0.05, 0.1) is 12.2 Å². The van der Waals surface area contributed by atoms with Gasteiger partial charge in [-0.1, -0.05) is 40.0 Å². The molecule has 0 atom stereocenters. The summed E-state index contributed by atoms with van der Waals surface area (Å²) in [4.78, 5) is 11.0. The summed E-state index contributed by atoms with van der Waals surface area (Å²) in [5, 5.41) is 0. The smallest absolute Gasteiger partial charge is 0.313 e. The minimum absolute atomic E-state index is 0.0419. The highest BCUT2D eigenvalue weighted by Crippen LogP contribution is 2.03. The lowest BCUT2D eigenvalue weighted by Crippen LogP contribution is -2.07. The highest BCUT2D eigenvalue weighted by atomic mass is 16.5. The van der Waals surface area contributed by atoms with Crippen molar-refractivity contribution in [3.05, 3.63) is 12.3 Å². The number of rotatable bonds is 7. The lowest BCUT2D eigenvalue weighted by Gasteiger charge is -2.00.